The molecule has 0 spiro atoms. The molecule has 0 aliphatic rings. The van der Waals surface area contributed by atoms with Gasteiger partial charge in [-0.25, -0.2) is 4.99 Å². The van der Waals surface area contributed by atoms with Crippen LogP contribution < -0.4 is 10.1 Å². The number of carbonyl (C=O) groups excluding carboxylic acids is 1. The molecule has 1 N–H and O–H groups in total. The first-order valence-electron chi connectivity index (χ1n) is 7.53. The predicted molar refractivity (Wildman–Crippen MR) is 109 cm³/mol. The van der Waals surface area contributed by atoms with E-state index < -0.39 is 0 Å². The van der Waals surface area contributed by atoms with Gasteiger partial charge < -0.3 is 19.9 Å². The molecule has 0 radical (unpaired) electrons. The lowest BCUT2D eigenvalue weighted by Crippen LogP contribution is -2.41. The Kier molecular flexibility index (Phi) is 11.7. The second-order valence-corrected chi connectivity index (χ2v) is 5.18. The smallest absolute Gasteiger partial charge is 0.243 e. The number of halogens is 1. The standard InChI is InChI=1S/C17H26N4O2.HI/c1-5-11-18-17(19-14-16(22)20(2)3)21(4)12-13-23-15-9-7-6-8-10-15;/h5-10H,1,11-14H2,2-4H3,(H,18,19);1H. The second-order valence-electron chi connectivity index (χ2n) is 5.18. The Morgan fingerprint density at radius 3 is 2.54 bits per heavy atom. The Balaban J connectivity index is 0.00000529. The molecule has 0 saturated heterocycles. The number of hydrogen-bond acceptors (Lipinski definition) is 3. The highest BCUT2D eigenvalue weighted by Gasteiger charge is 2.08. The van der Waals surface area contributed by atoms with Crippen molar-refractivity contribution in [3.63, 3.8) is 0 Å². The van der Waals surface area contributed by atoms with E-state index in [0.717, 1.165) is 5.75 Å². The fraction of sp³-hybridized carbons (Fsp3) is 0.412. The van der Waals surface area contributed by atoms with Crippen molar-refractivity contribution in [2.24, 2.45) is 4.99 Å². The quantitative estimate of drug-likeness (QED) is 0.287. The highest BCUT2D eigenvalue weighted by Crippen LogP contribution is 2.07. The monoisotopic (exact) mass is 446 g/mol. The average molecular weight is 446 g/mol. The van der Waals surface area contributed by atoms with Crippen molar-refractivity contribution in [3.8, 4) is 5.75 Å². The molecular formula is C17H27IN4O2. The Morgan fingerprint density at radius 1 is 1.29 bits per heavy atom. The van der Waals surface area contributed by atoms with Gasteiger partial charge in [-0.05, 0) is 12.1 Å². The Labute approximate surface area is 161 Å². The number of para-hydroxylation sites is 1. The summed E-state index contributed by atoms with van der Waals surface area (Å²) in [5, 5.41) is 3.14. The first-order chi connectivity index (χ1) is 11.0. The summed E-state index contributed by atoms with van der Waals surface area (Å²) in [4.78, 5) is 19.5. The van der Waals surface area contributed by atoms with Crippen LogP contribution in [-0.4, -0.2) is 69.1 Å². The predicted octanol–water partition coefficient (Wildman–Crippen LogP) is 1.83. The van der Waals surface area contributed by atoms with E-state index in [1.54, 1.807) is 20.2 Å². The van der Waals surface area contributed by atoms with Gasteiger partial charge in [0.1, 0.15) is 18.9 Å². The number of aliphatic imine (C=N–C) groups is 1. The van der Waals surface area contributed by atoms with Crippen molar-refractivity contribution in [3.05, 3.63) is 43.0 Å². The molecule has 0 heterocycles. The SMILES string of the molecule is C=CCNC(=NCC(=O)N(C)C)N(C)CCOc1ccccc1.I. The van der Waals surface area contributed by atoms with Crippen molar-refractivity contribution in [1.29, 1.82) is 0 Å². The summed E-state index contributed by atoms with van der Waals surface area (Å²) in [6.45, 7) is 5.54. The molecule has 134 valence electrons. The first kappa shape index (κ1) is 22.2. The molecule has 0 aliphatic carbocycles. The van der Waals surface area contributed by atoms with E-state index in [4.69, 9.17) is 4.74 Å². The number of ether oxygens (including phenoxy) is 1. The number of rotatable bonds is 8. The molecule has 0 bridgehead atoms. The van der Waals surface area contributed by atoms with Crippen molar-refractivity contribution in [1.82, 2.24) is 15.1 Å². The maximum atomic E-state index is 11.7. The fourth-order valence-electron chi connectivity index (χ4n) is 1.68. The maximum Gasteiger partial charge on any atom is 0.243 e. The van der Waals surface area contributed by atoms with E-state index in [1.165, 1.54) is 4.90 Å². The molecule has 0 atom stereocenters. The zero-order valence-corrected chi connectivity index (χ0v) is 16.9. The van der Waals surface area contributed by atoms with Crippen LogP contribution in [0.3, 0.4) is 0 Å². The lowest BCUT2D eigenvalue weighted by molar-refractivity contribution is -0.127. The van der Waals surface area contributed by atoms with Crippen LogP contribution in [0.4, 0.5) is 0 Å². The van der Waals surface area contributed by atoms with Gasteiger partial charge in [-0.15, -0.1) is 30.6 Å². The molecule has 0 aromatic heterocycles. The third-order valence-electron chi connectivity index (χ3n) is 3.07. The molecule has 1 amide bonds. The van der Waals surface area contributed by atoms with Gasteiger partial charge in [0.15, 0.2) is 5.96 Å². The number of nitrogens with zero attached hydrogens (tertiary/aromatic N) is 3. The van der Waals surface area contributed by atoms with Crippen molar-refractivity contribution in [2.75, 3.05) is 47.4 Å². The van der Waals surface area contributed by atoms with E-state index >= 15 is 0 Å². The third-order valence-corrected chi connectivity index (χ3v) is 3.07. The molecule has 6 nitrogen and oxygen atoms in total. The zero-order valence-electron chi connectivity index (χ0n) is 14.6. The van der Waals surface area contributed by atoms with E-state index in [-0.39, 0.29) is 36.4 Å². The van der Waals surface area contributed by atoms with Gasteiger partial charge in [0.2, 0.25) is 5.91 Å². The van der Waals surface area contributed by atoms with Gasteiger partial charge in [0.05, 0.1) is 6.54 Å². The zero-order chi connectivity index (χ0) is 17.1. The Hall–Kier alpha value is -1.77. The molecule has 1 aromatic carbocycles. The minimum Gasteiger partial charge on any atom is -0.492 e. The van der Waals surface area contributed by atoms with Crippen LogP contribution >= 0.6 is 24.0 Å². The lowest BCUT2D eigenvalue weighted by atomic mass is 10.3. The number of guanidine groups is 1. The summed E-state index contributed by atoms with van der Waals surface area (Å²) < 4.78 is 5.68. The van der Waals surface area contributed by atoms with Crippen molar-refractivity contribution >= 4 is 35.8 Å². The van der Waals surface area contributed by atoms with Gasteiger partial charge in [-0.3, -0.25) is 4.79 Å². The summed E-state index contributed by atoms with van der Waals surface area (Å²) in [6, 6.07) is 9.65. The van der Waals surface area contributed by atoms with Crippen LogP contribution in [0.25, 0.3) is 0 Å². The summed E-state index contributed by atoms with van der Waals surface area (Å²) in [5.41, 5.74) is 0. The molecule has 1 aromatic rings. The highest BCUT2D eigenvalue weighted by molar-refractivity contribution is 14.0. The van der Waals surface area contributed by atoms with Crippen LogP contribution in [-0.2, 0) is 4.79 Å². The average Bonchev–Trinajstić information content (AvgIpc) is 2.55. The number of benzene rings is 1. The number of nitrogens with one attached hydrogen (secondary N) is 1. The summed E-state index contributed by atoms with van der Waals surface area (Å²) >= 11 is 0. The number of likely N-dealkylation sites (N-methyl/N-ethyl adjacent to an activating group) is 2. The Bertz CT molecular complexity index is 521. The minimum atomic E-state index is -0.0446. The number of carbonyl (C=O) groups is 1. The molecule has 0 unspecified atom stereocenters. The first-order valence-corrected chi connectivity index (χ1v) is 7.53. The molecule has 24 heavy (non-hydrogen) atoms. The lowest BCUT2D eigenvalue weighted by Gasteiger charge is -2.22. The van der Waals surface area contributed by atoms with Crippen LogP contribution in [0.2, 0.25) is 0 Å². The molecule has 7 heteroatoms. The van der Waals surface area contributed by atoms with Crippen molar-refractivity contribution < 1.29 is 9.53 Å². The molecule has 0 fully saturated rings. The Morgan fingerprint density at radius 2 is 1.96 bits per heavy atom. The highest BCUT2D eigenvalue weighted by atomic mass is 127. The summed E-state index contributed by atoms with van der Waals surface area (Å²) in [7, 11) is 5.33. The van der Waals surface area contributed by atoms with Gasteiger partial charge in [-0.1, -0.05) is 24.3 Å². The molecule has 1 rings (SSSR count). The molecule has 0 aliphatic heterocycles. The number of amides is 1. The minimum absolute atomic E-state index is 0. The van der Waals surface area contributed by atoms with Gasteiger partial charge in [0.25, 0.3) is 0 Å². The third kappa shape index (κ3) is 8.76. The molecule has 0 saturated carbocycles. The topological polar surface area (TPSA) is 57.2 Å². The largest absolute Gasteiger partial charge is 0.492 e. The normalized spacial score (nSPS) is 10.4. The molecular weight excluding hydrogens is 419 g/mol. The van der Waals surface area contributed by atoms with Crippen LogP contribution in [0.1, 0.15) is 0 Å². The number of hydrogen-bond donors (Lipinski definition) is 1. The van der Waals surface area contributed by atoms with Crippen molar-refractivity contribution in [2.45, 2.75) is 0 Å². The van der Waals surface area contributed by atoms with Gasteiger partial charge in [-0.2, -0.15) is 0 Å². The second kappa shape index (κ2) is 12.6. The van der Waals surface area contributed by atoms with Gasteiger partial charge >= 0.3 is 0 Å². The van der Waals surface area contributed by atoms with E-state index in [2.05, 4.69) is 16.9 Å². The maximum absolute atomic E-state index is 11.7. The van der Waals surface area contributed by atoms with E-state index in [9.17, 15) is 4.79 Å². The van der Waals surface area contributed by atoms with Gasteiger partial charge in [0, 0.05) is 27.7 Å². The van der Waals surface area contributed by atoms with E-state index in [0.29, 0.717) is 25.7 Å². The van der Waals surface area contributed by atoms with E-state index in [1.807, 2.05) is 42.3 Å². The fourth-order valence-corrected chi connectivity index (χ4v) is 1.68. The van der Waals surface area contributed by atoms with Crippen LogP contribution in [0, 0.1) is 0 Å². The van der Waals surface area contributed by atoms with Crippen LogP contribution in [0.5, 0.6) is 5.75 Å². The summed E-state index contributed by atoms with van der Waals surface area (Å²) in [5.74, 6) is 1.44. The van der Waals surface area contributed by atoms with Crippen LogP contribution in [0.15, 0.2) is 48.0 Å². The summed E-state index contributed by atoms with van der Waals surface area (Å²) in [6.07, 6.45) is 1.75.